The molecule has 0 spiro atoms. The van der Waals surface area contributed by atoms with Crippen molar-refractivity contribution in [2.24, 2.45) is 0 Å². The first-order valence-corrected chi connectivity index (χ1v) is 5.30. The molecule has 1 aromatic rings. The third-order valence-corrected chi connectivity index (χ3v) is 2.85. The molecule has 2 N–H and O–H groups in total. The molecule has 1 aliphatic rings. The van der Waals surface area contributed by atoms with Crippen LogP contribution in [0.25, 0.3) is 0 Å². The SMILES string of the molecule is CN1CCN(C(=O)C(F)(F)F)c2cc(N)ccc21. The summed E-state index contributed by atoms with van der Waals surface area (Å²) in [6.07, 6.45) is -4.88. The Labute approximate surface area is 102 Å². The number of halogens is 3. The summed E-state index contributed by atoms with van der Waals surface area (Å²) >= 11 is 0. The van der Waals surface area contributed by atoms with Gasteiger partial charge in [-0.05, 0) is 18.2 Å². The van der Waals surface area contributed by atoms with E-state index in [0.717, 1.165) is 4.90 Å². The number of nitrogens with zero attached hydrogens (tertiary/aromatic N) is 2. The first-order chi connectivity index (χ1) is 8.30. The molecule has 4 nitrogen and oxygen atoms in total. The van der Waals surface area contributed by atoms with Crippen molar-refractivity contribution in [3.05, 3.63) is 18.2 Å². The number of nitrogen functional groups attached to an aromatic ring is 1. The van der Waals surface area contributed by atoms with Crippen LogP contribution in [0.15, 0.2) is 18.2 Å². The fourth-order valence-electron chi connectivity index (χ4n) is 1.93. The predicted octanol–water partition coefficient (Wildman–Crippen LogP) is 1.61. The lowest BCUT2D eigenvalue weighted by Crippen LogP contribution is -2.48. The number of rotatable bonds is 0. The molecule has 0 bridgehead atoms. The van der Waals surface area contributed by atoms with Crippen LogP contribution >= 0.6 is 0 Å². The van der Waals surface area contributed by atoms with Gasteiger partial charge in [0.1, 0.15) is 0 Å². The highest BCUT2D eigenvalue weighted by Crippen LogP contribution is 2.36. The highest BCUT2D eigenvalue weighted by Gasteiger charge is 2.44. The number of likely N-dealkylation sites (N-methyl/N-ethyl adjacent to an activating group) is 1. The standard InChI is InChI=1S/C11H12F3N3O/c1-16-4-5-17(10(18)11(12,13)14)9-6-7(15)2-3-8(9)16/h2-3,6H,4-5,15H2,1H3. The molecule has 0 unspecified atom stereocenters. The van der Waals surface area contributed by atoms with Crippen LogP contribution < -0.4 is 15.5 Å². The van der Waals surface area contributed by atoms with Gasteiger partial charge in [-0.25, -0.2) is 0 Å². The Hall–Kier alpha value is -1.92. The largest absolute Gasteiger partial charge is 0.471 e. The van der Waals surface area contributed by atoms with E-state index in [1.165, 1.54) is 6.07 Å². The van der Waals surface area contributed by atoms with E-state index >= 15 is 0 Å². The van der Waals surface area contributed by atoms with E-state index in [4.69, 9.17) is 5.73 Å². The number of hydrogen-bond acceptors (Lipinski definition) is 3. The molecule has 0 saturated heterocycles. The van der Waals surface area contributed by atoms with Crippen LogP contribution in [0.2, 0.25) is 0 Å². The quantitative estimate of drug-likeness (QED) is 0.720. The maximum absolute atomic E-state index is 12.5. The summed E-state index contributed by atoms with van der Waals surface area (Å²) in [6.45, 7) is 0.337. The monoisotopic (exact) mass is 259 g/mol. The van der Waals surface area contributed by atoms with Crippen LogP contribution in [0.4, 0.5) is 30.2 Å². The van der Waals surface area contributed by atoms with Gasteiger partial charge in [0.05, 0.1) is 11.4 Å². The van der Waals surface area contributed by atoms with Crippen LogP contribution in [0.3, 0.4) is 0 Å². The van der Waals surface area contributed by atoms with E-state index < -0.39 is 12.1 Å². The van der Waals surface area contributed by atoms with Crippen LogP contribution in [0, 0.1) is 0 Å². The van der Waals surface area contributed by atoms with Gasteiger partial charge in [-0.3, -0.25) is 4.79 Å². The summed E-state index contributed by atoms with van der Waals surface area (Å²) in [5.41, 5.74) is 6.65. The number of nitrogens with two attached hydrogens (primary N) is 1. The van der Waals surface area contributed by atoms with Gasteiger partial charge in [0.15, 0.2) is 0 Å². The Bertz CT molecular complexity index is 487. The minimum Gasteiger partial charge on any atom is -0.399 e. The van der Waals surface area contributed by atoms with Gasteiger partial charge < -0.3 is 15.5 Å². The number of benzene rings is 1. The van der Waals surface area contributed by atoms with E-state index in [-0.39, 0.29) is 12.2 Å². The molecule has 0 fully saturated rings. The van der Waals surface area contributed by atoms with Crippen molar-refractivity contribution < 1.29 is 18.0 Å². The second-order valence-electron chi connectivity index (χ2n) is 4.12. The van der Waals surface area contributed by atoms with Crippen LogP contribution in [0.1, 0.15) is 0 Å². The Morgan fingerprint density at radius 3 is 2.56 bits per heavy atom. The molecule has 2 rings (SSSR count). The summed E-state index contributed by atoms with van der Waals surface area (Å²) < 4.78 is 37.5. The molecule has 1 amide bonds. The molecule has 1 aromatic carbocycles. The summed E-state index contributed by atoms with van der Waals surface area (Å²) in [5.74, 6) is -1.86. The molecule has 1 heterocycles. The van der Waals surface area contributed by atoms with Crippen molar-refractivity contribution in [1.29, 1.82) is 0 Å². The van der Waals surface area contributed by atoms with E-state index in [2.05, 4.69) is 0 Å². The number of fused-ring (bicyclic) bond motifs is 1. The van der Waals surface area contributed by atoms with E-state index in [1.54, 1.807) is 24.1 Å². The molecule has 7 heteroatoms. The zero-order valence-electron chi connectivity index (χ0n) is 9.66. The van der Waals surface area contributed by atoms with Crippen molar-refractivity contribution in [2.75, 3.05) is 35.7 Å². The van der Waals surface area contributed by atoms with Crippen LogP contribution in [0.5, 0.6) is 0 Å². The Balaban J connectivity index is 2.46. The number of carbonyl (C=O) groups is 1. The average molecular weight is 259 g/mol. The summed E-state index contributed by atoms with van der Waals surface area (Å²) in [6, 6.07) is 4.59. The normalized spacial score (nSPS) is 15.6. The first kappa shape index (κ1) is 12.5. The number of amides is 1. The van der Waals surface area contributed by atoms with Gasteiger partial charge in [0.2, 0.25) is 0 Å². The Morgan fingerprint density at radius 2 is 1.94 bits per heavy atom. The predicted molar refractivity (Wildman–Crippen MR) is 62.5 cm³/mol. The molecule has 18 heavy (non-hydrogen) atoms. The molecule has 0 radical (unpaired) electrons. The van der Waals surface area contributed by atoms with E-state index in [9.17, 15) is 18.0 Å². The number of alkyl halides is 3. The smallest absolute Gasteiger partial charge is 0.399 e. The molecule has 1 aliphatic heterocycles. The molecule has 0 aromatic heterocycles. The minimum absolute atomic E-state index is 0.00863. The molecule has 98 valence electrons. The second kappa shape index (κ2) is 4.08. The summed E-state index contributed by atoms with van der Waals surface area (Å²) in [7, 11) is 1.75. The third kappa shape index (κ3) is 2.07. The van der Waals surface area contributed by atoms with Crippen LogP contribution in [-0.2, 0) is 4.79 Å². The highest BCUT2D eigenvalue weighted by molar-refractivity contribution is 6.01. The van der Waals surface area contributed by atoms with Gasteiger partial charge in [0.25, 0.3) is 0 Å². The summed E-state index contributed by atoms with van der Waals surface area (Å²) in [4.78, 5) is 13.9. The van der Waals surface area contributed by atoms with Gasteiger partial charge in [0, 0.05) is 25.8 Å². The zero-order chi connectivity index (χ0) is 13.5. The van der Waals surface area contributed by atoms with Gasteiger partial charge in [-0.15, -0.1) is 0 Å². The van der Waals surface area contributed by atoms with Crippen LogP contribution in [-0.4, -0.2) is 32.2 Å². The maximum atomic E-state index is 12.5. The number of carbonyl (C=O) groups excluding carboxylic acids is 1. The lowest BCUT2D eigenvalue weighted by Gasteiger charge is -2.36. The molecular weight excluding hydrogens is 247 g/mol. The first-order valence-electron chi connectivity index (χ1n) is 5.30. The minimum atomic E-state index is -4.88. The lowest BCUT2D eigenvalue weighted by molar-refractivity contribution is -0.170. The van der Waals surface area contributed by atoms with Gasteiger partial charge in [-0.1, -0.05) is 0 Å². The summed E-state index contributed by atoms with van der Waals surface area (Å²) in [5, 5.41) is 0. The van der Waals surface area contributed by atoms with Gasteiger partial charge >= 0.3 is 12.1 Å². The van der Waals surface area contributed by atoms with Crippen molar-refractivity contribution >= 4 is 23.0 Å². The van der Waals surface area contributed by atoms with Crippen molar-refractivity contribution in [3.8, 4) is 0 Å². The third-order valence-electron chi connectivity index (χ3n) is 2.85. The Morgan fingerprint density at radius 1 is 1.28 bits per heavy atom. The number of hydrogen-bond donors (Lipinski definition) is 1. The molecule has 0 atom stereocenters. The van der Waals surface area contributed by atoms with Crippen molar-refractivity contribution in [3.63, 3.8) is 0 Å². The Kier molecular flexibility index (Phi) is 2.84. The zero-order valence-corrected chi connectivity index (χ0v) is 9.66. The average Bonchev–Trinajstić information content (AvgIpc) is 2.27. The molecule has 0 saturated carbocycles. The van der Waals surface area contributed by atoms with Gasteiger partial charge in [-0.2, -0.15) is 13.2 Å². The topological polar surface area (TPSA) is 49.6 Å². The van der Waals surface area contributed by atoms with E-state index in [0.29, 0.717) is 17.9 Å². The maximum Gasteiger partial charge on any atom is 0.471 e. The van der Waals surface area contributed by atoms with E-state index in [1.807, 2.05) is 0 Å². The fourth-order valence-corrected chi connectivity index (χ4v) is 1.93. The number of anilines is 3. The fraction of sp³-hybridized carbons (Fsp3) is 0.364. The highest BCUT2D eigenvalue weighted by atomic mass is 19.4. The lowest BCUT2D eigenvalue weighted by atomic mass is 10.1. The van der Waals surface area contributed by atoms with Crippen molar-refractivity contribution in [2.45, 2.75) is 6.18 Å². The second-order valence-corrected chi connectivity index (χ2v) is 4.12. The molecular formula is C11H12F3N3O. The van der Waals surface area contributed by atoms with Crippen molar-refractivity contribution in [1.82, 2.24) is 0 Å². The molecule has 0 aliphatic carbocycles.